The molecule has 4 rings (SSSR count). The number of sulfonamides is 1. The predicted molar refractivity (Wildman–Crippen MR) is 127 cm³/mol. The highest BCUT2D eigenvalue weighted by atomic mass is 35.5. The van der Waals surface area contributed by atoms with E-state index in [9.17, 15) is 13.2 Å². The molecule has 164 valence electrons. The van der Waals surface area contributed by atoms with Crippen LogP contribution < -0.4 is 5.56 Å². The number of benzene rings is 3. The van der Waals surface area contributed by atoms with Crippen LogP contribution in [0.5, 0.6) is 0 Å². The lowest BCUT2D eigenvalue weighted by atomic mass is 10.1. The van der Waals surface area contributed by atoms with E-state index in [0.717, 1.165) is 5.56 Å². The molecule has 0 radical (unpaired) electrons. The Hall–Kier alpha value is -3.00. The summed E-state index contributed by atoms with van der Waals surface area (Å²) in [7, 11) is -2.32. The lowest BCUT2D eigenvalue weighted by molar-refractivity contribution is 0.379. The van der Waals surface area contributed by atoms with Crippen molar-refractivity contribution < 1.29 is 8.42 Å². The lowest BCUT2D eigenvalue weighted by Gasteiger charge is -2.27. The van der Waals surface area contributed by atoms with Crippen LogP contribution in [0.1, 0.15) is 24.4 Å². The minimum atomic E-state index is -3.81. The summed E-state index contributed by atoms with van der Waals surface area (Å²) in [4.78, 5) is 18.5. The molecule has 1 unspecified atom stereocenters. The fraction of sp³-hybridized carbons (Fsp3) is 0.167. The minimum absolute atomic E-state index is 0.173. The molecule has 0 bridgehead atoms. The quantitative estimate of drug-likeness (QED) is 0.425. The molecule has 0 aliphatic carbocycles. The molecule has 0 fully saturated rings. The Morgan fingerprint density at radius 3 is 2.34 bits per heavy atom. The number of aryl methyl sites for hydroxylation is 1. The van der Waals surface area contributed by atoms with Gasteiger partial charge in [-0.3, -0.25) is 9.36 Å². The van der Waals surface area contributed by atoms with Crippen LogP contribution in [0.25, 0.3) is 16.6 Å². The summed E-state index contributed by atoms with van der Waals surface area (Å²) in [5, 5.41) is 0.998. The number of aromatic nitrogens is 2. The second-order valence-corrected chi connectivity index (χ2v) is 10.0. The summed E-state index contributed by atoms with van der Waals surface area (Å²) < 4.78 is 29.2. The normalized spacial score (nSPS) is 12.9. The second-order valence-electron chi connectivity index (χ2n) is 7.57. The topological polar surface area (TPSA) is 72.3 Å². The van der Waals surface area contributed by atoms with Crippen molar-refractivity contribution in [3.8, 4) is 5.69 Å². The summed E-state index contributed by atoms with van der Waals surface area (Å²) >= 11 is 6.13. The molecule has 0 aliphatic heterocycles. The van der Waals surface area contributed by atoms with Gasteiger partial charge in [0.25, 0.3) is 5.56 Å². The molecule has 0 spiro atoms. The zero-order chi connectivity index (χ0) is 23.0. The third-order valence-corrected chi connectivity index (χ3v) is 7.72. The van der Waals surface area contributed by atoms with Gasteiger partial charge in [0.05, 0.1) is 27.5 Å². The number of para-hydroxylation sites is 1. The Balaban J connectivity index is 1.96. The van der Waals surface area contributed by atoms with Gasteiger partial charge in [0.15, 0.2) is 0 Å². The van der Waals surface area contributed by atoms with Crippen LogP contribution >= 0.6 is 11.6 Å². The van der Waals surface area contributed by atoms with E-state index < -0.39 is 16.1 Å². The molecule has 0 saturated heterocycles. The van der Waals surface area contributed by atoms with Crippen molar-refractivity contribution in [1.82, 2.24) is 13.9 Å². The van der Waals surface area contributed by atoms with Gasteiger partial charge in [-0.1, -0.05) is 41.9 Å². The van der Waals surface area contributed by atoms with Crippen LogP contribution in [-0.2, 0) is 10.0 Å². The molecule has 0 saturated carbocycles. The van der Waals surface area contributed by atoms with Gasteiger partial charge in [0.1, 0.15) is 5.82 Å². The van der Waals surface area contributed by atoms with Crippen LogP contribution in [0.4, 0.5) is 0 Å². The summed E-state index contributed by atoms with van der Waals surface area (Å²) in [5.74, 6) is 0.320. The van der Waals surface area contributed by atoms with Crippen molar-refractivity contribution >= 4 is 32.5 Å². The first-order valence-corrected chi connectivity index (χ1v) is 11.8. The lowest BCUT2D eigenvalue weighted by Crippen LogP contribution is -2.35. The molecule has 3 aromatic carbocycles. The smallest absolute Gasteiger partial charge is 0.266 e. The Labute approximate surface area is 191 Å². The SMILES string of the molecule is Cc1cc(Cl)ccc1-n1c(C(C)N(C)S(=O)(=O)c2ccccc2)nc2ccccc2c1=O. The van der Waals surface area contributed by atoms with Gasteiger partial charge in [-0.05, 0) is 61.9 Å². The summed E-state index contributed by atoms with van der Waals surface area (Å²) in [6.07, 6.45) is 0. The molecule has 1 heterocycles. The predicted octanol–water partition coefficient (Wildman–Crippen LogP) is 4.73. The van der Waals surface area contributed by atoms with Gasteiger partial charge in [0.2, 0.25) is 10.0 Å². The highest BCUT2D eigenvalue weighted by molar-refractivity contribution is 7.89. The van der Waals surface area contributed by atoms with Crippen LogP contribution in [0.15, 0.2) is 82.5 Å². The fourth-order valence-corrected chi connectivity index (χ4v) is 5.23. The van der Waals surface area contributed by atoms with E-state index in [0.29, 0.717) is 27.4 Å². The first-order valence-electron chi connectivity index (χ1n) is 10.0. The number of halogens is 1. The molecule has 8 heteroatoms. The van der Waals surface area contributed by atoms with Crippen molar-refractivity contribution in [2.75, 3.05) is 7.05 Å². The maximum absolute atomic E-state index is 13.6. The number of fused-ring (bicyclic) bond motifs is 1. The largest absolute Gasteiger partial charge is 0.268 e. The van der Waals surface area contributed by atoms with Crippen LogP contribution in [0.2, 0.25) is 5.02 Å². The fourth-order valence-electron chi connectivity index (χ4n) is 3.66. The Kier molecular flexibility index (Phi) is 5.90. The number of rotatable bonds is 5. The first-order chi connectivity index (χ1) is 15.2. The molecular weight excluding hydrogens is 446 g/mol. The highest BCUT2D eigenvalue weighted by Crippen LogP contribution is 2.28. The highest BCUT2D eigenvalue weighted by Gasteiger charge is 2.30. The molecule has 1 atom stereocenters. The minimum Gasteiger partial charge on any atom is -0.268 e. The summed E-state index contributed by atoms with van der Waals surface area (Å²) in [5.41, 5.74) is 1.62. The Morgan fingerprint density at radius 2 is 1.66 bits per heavy atom. The van der Waals surface area contributed by atoms with Gasteiger partial charge in [-0.25, -0.2) is 13.4 Å². The van der Waals surface area contributed by atoms with Gasteiger partial charge < -0.3 is 0 Å². The van der Waals surface area contributed by atoms with Gasteiger partial charge in [-0.2, -0.15) is 4.31 Å². The molecule has 4 aromatic rings. The number of hydrogen-bond acceptors (Lipinski definition) is 4. The standard InChI is InChI=1S/C24H22ClN3O3S/c1-16-15-18(25)13-14-22(16)28-23(26-21-12-8-7-11-20(21)24(28)29)17(2)27(3)32(30,31)19-9-5-4-6-10-19/h4-15,17H,1-3H3. The average Bonchev–Trinajstić information content (AvgIpc) is 2.79. The van der Waals surface area contributed by atoms with E-state index in [2.05, 4.69) is 0 Å². The van der Waals surface area contributed by atoms with Crippen molar-refractivity contribution in [3.05, 3.63) is 99.6 Å². The van der Waals surface area contributed by atoms with E-state index in [-0.39, 0.29) is 10.5 Å². The average molecular weight is 468 g/mol. The molecular formula is C24H22ClN3O3S. The van der Waals surface area contributed by atoms with Crippen LogP contribution in [0.3, 0.4) is 0 Å². The Morgan fingerprint density at radius 1 is 1.00 bits per heavy atom. The zero-order valence-electron chi connectivity index (χ0n) is 17.9. The molecule has 32 heavy (non-hydrogen) atoms. The maximum atomic E-state index is 13.6. The van der Waals surface area contributed by atoms with Crippen LogP contribution in [0, 0.1) is 6.92 Å². The summed E-state index contributed by atoms with van der Waals surface area (Å²) in [6.45, 7) is 3.57. The van der Waals surface area contributed by atoms with Crippen molar-refractivity contribution in [3.63, 3.8) is 0 Å². The van der Waals surface area contributed by atoms with E-state index in [1.54, 1.807) is 79.7 Å². The first kappa shape index (κ1) is 22.2. The maximum Gasteiger partial charge on any atom is 0.266 e. The monoisotopic (exact) mass is 467 g/mol. The van der Waals surface area contributed by atoms with Crippen molar-refractivity contribution in [2.45, 2.75) is 24.8 Å². The number of nitrogens with zero attached hydrogens (tertiary/aromatic N) is 3. The molecule has 1 aromatic heterocycles. The van der Waals surface area contributed by atoms with Gasteiger partial charge in [-0.15, -0.1) is 0 Å². The third-order valence-electron chi connectivity index (χ3n) is 5.54. The molecule has 0 aliphatic rings. The van der Waals surface area contributed by atoms with Crippen molar-refractivity contribution in [2.24, 2.45) is 0 Å². The van der Waals surface area contributed by atoms with E-state index >= 15 is 0 Å². The van der Waals surface area contributed by atoms with Gasteiger partial charge >= 0.3 is 0 Å². The second kappa shape index (κ2) is 8.50. The van der Waals surface area contributed by atoms with Crippen LogP contribution in [-0.4, -0.2) is 29.3 Å². The van der Waals surface area contributed by atoms with Crippen molar-refractivity contribution in [1.29, 1.82) is 0 Å². The molecule has 6 nitrogen and oxygen atoms in total. The zero-order valence-corrected chi connectivity index (χ0v) is 19.4. The van der Waals surface area contributed by atoms with E-state index in [1.165, 1.54) is 15.9 Å². The third kappa shape index (κ3) is 3.83. The molecule has 0 N–H and O–H groups in total. The van der Waals surface area contributed by atoms with Gasteiger partial charge in [0, 0.05) is 12.1 Å². The number of hydrogen-bond donors (Lipinski definition) is 0. The Bertz CT molecular complexity index is 1470. The van der Waals surface area contributed by atoms with E-state index in [1.807, 2.05) is 6.92 Å². The molecule has 0 amide bonds. The summed E-state index contributed by atoms with van der Waals surface area (Å²) in [6, 6.07) is 19.7. The van der Waals surface area contributed by atoms with E-state index in [4.69, 9.17) is 16.6 Å².